The van der Waals surface area contributed by atoms with Crippen LogP contribution in [0.1, 0.15) is 71.9 Å². The van der Waals surface area contributed by atoms with E-state index in [-0.39, 0.29) is 35.6 Å². The molecule has 0 aromatic heterocycles. The quantitative estimate of drug-likeness (QED) is 0.137. The van der Waals surface area contributed by atoms with E-state index in [1.54, 1.807) is 0 Å². The second kappa shape index (κ2) is 22.5. The summed E-state index contributed by atoms with van der Waals surface area (Å²) in [6.45, 7) is 20.9. The van der Waals surface area contributed by atoms with Crippen molar-refractivity contribution < 1.29 is 49.0 Å². The molecule has 5 aromatic rings. The van der Waals surface area contributed by atoms with Gasteiger partial charge in [-0.05, 0) is 17.3 Å². The summed E-state index contributed by atoms with van der Waals surface area (Å²) in [6, 6.07) is 38.7. The van der Waals surface area contributed by atoms with Crippen molar-refractivity contribution in [1.29, 1.82) is 0 Å². The van der Waals surface area contributed by atoms with Crippen LogP contribution in [-0.2, 0) is 35.1 Å². The van der Waals surface area contributed by atoms with Gasteiger partial charge in [-0.25, -0.2) is 12.1 Å². The molecule has 228 valence electrons. The molecule has 0 nitrogen and oxygen atoms in total. The van der Waals surface area contributed by atoms with Gasteiger partial charge in [0.1, 0.15) is 0 Å². The van der Waals surface area contributed by atoms with Gasteiger partial charge in [0.05, 0.1) is 0 Å². The summed E-state index contributed by atoms with van der Waals surface area (Å²) in [5.74, 6) is 0. The zero-order valence-electron chi connectivity index (χ0n) is 26.4. The minimum atomic E-state index is 0. The van der Waals surface area contributed by atoms with E-state index in [4.69, 9.17) is 0 Å². The largest absolute Gasteiger partial charge is 1.00 e. The monoisotopic (exact) mass is 676 g/mol. The van der Waals surface area contributed by atoms with Gasteiger partial charge in [-0.2, -0.15) is 61.0 Å². The molecule has 0 amide bonds. The van der Waals surface area contributed by atoms with Gasteiger partial charge in [-0.1, -0.05) is 89.4 Å². The molecule has 5 aromatic carbocycles. The third-order valence-corrected chi connectivity index (χ3v) is 6.26. The van der Waals surface area contributed by atoms with E-state index < -0.39 is 0 Å². The molecule has 42 heavy (non-hydrogen) atoms. The van der Waals surface area contributed by atoms with Gasteiger partial charge in [0.2, 0.25) is 0 Å². The number of fused-ring (bicyclic) bond motifs is 3. The standard InChI is InChI=1S/C21H25.C6H5.C6H11.C5H5.CH2.2ClH.Zr/c1-20(2,3)16-7-9-18-14(12-16)11-15-13-17(21(4,5)6)8-10-19(15)18;1-2-4-6-5-3-1;1-3-5-6-4-2;1-2-4-5-3-1;;;;/h7-13H,1-6H3;1-5H;3H,1-2,4-6H2;1-5H;1H2;2*1H;/q4*-1;;;;/p-2. The molecule has 3 heteroatoms. The molecule has 0 atom stereocenters. The summed E-state index contributed by atoms with van der Waals surface area (Å²) >= 11 is 1.30. The predicted molar refractivity (Wildman–Crippen MR) is 178 cm³/mol. The van der Waals surface area contributed by atoms with E-state index in [0.29, 0.717) is 0 Å². The molecule has 0 spiro atoms. The molecule has 0 aliphatic rings. The van der Waals surface area contributed by atoms with Crippen molar-refractivity contribution in [3.05, 3.63) is 140 Å². The predicted octanol–water partition coefficient (Wildman–Crippen LogP) is 5.35. The Morgan fingerprint density at radius 2 is 1.21 bits per heavy atom. The van der Waals surface area contributed by atoms with Gasteiger partial charge < -0.3 is 31.7 Å². The fourth-order valence-electron chi connectivity index (χ4n) is 3.91. The van der Waals surface area contributed by atoms with Crippen molar-refractivity contribution in [3.8, 4) is 0 Å². The maximum absolute atomic E-state index is 3.68. The average Bonchev–Trinajstić information content (AvgIpc) is 3.65. The van der Waals surface area contributed by atoms with Gasteiger partial charge in [0.15, 0.2) is 0 Å². The molecule has 0 heterocycles. The van der Waals surface area contributed by atoms with Crippen molar-refractivity contribution >= 4 is 25.8 Å². The molecule has 0 saturated heterocycles. The van der Waals surface area contributed by atoms with Crippen LogP contribution in [0.5, 0.6) is 0 Å². The molecule has 0 fully saturated rings. The first-order valence-corrected chi connectivity index (χ1v) is 15.8. The number of benzene rings is 3. The molecule has 0 N–H and O–H groups in total. The van der Waals surface area contributed by atoms with Crippen LogP contribution in [0.15, 0.2) is 116 Å². The maximum Gasteiger partial charge on any atom is -0.171 e. The van der Waals surface area contributed by atoms with Crippen molar-refractivity contribution in [1.82, 2.24) is 0 Å². The Bertz CT molecular complexity index is 1220. The topological polar surface area (TPSA) is 0 Å². The number of hydrogen-bond acceptors (Lipinski definition) is 0. The molecule has 5 rings (SSSR count). The van der Waals surface area contributed by atoms with Crippen molar-refractivity contribution in [2.24, 2.45) is 0 Å². The van der Waals surface area contributed by atoms with Gasteiger partial charge in [0, 0.05) is 0 Å². The van der Waals surface area contributed by atoms with Crippen LogP contribution in [0.4, 0.5) is 0 Å². The first-order chi connectivity index (χ1) is 19.1. The Morgan fingerprint density at radius 3 is 1.45 bits per heavy atom. The summed E-state index contributed by atoms with van der Waals surface area (Å²) in [6.07, 6.45) is 5.25. The first kappa shape index (κ1) is 42.1. The van der Waals surface area contributed by atoms with Crippen LogP contribution >= 0.6 is 0 Å². The van der Waals surface area contributed by atoms with Gasteiger partial charge in [0.25, 0.3) is 0 Å². The number of rotatable bonds is 3. The van der Waals surface area contributed by atoms with Crippen LogP contribution in [0.2, 0.25) is 0 Å². The molecule has 0 radical (unpaired) electrons. The van der Waals surface area contributed by atoms with Gasteiger partial charge in [-0.3, -0.25) is 0 Å². The molecule has 0 bridgehead atoms. The van der Waals surface area contributed by atoms with Crippen LogP contribution in [-0.4, -0.2) is 4.21 Å². The van der Waals surface area contributed by atoms with Crippen LogP contribution in [0.3, 0.4) is 0 Å². The van der Waals surface area contributed by atoms with Crippen LogP contribution in [0.25, 0.3) is 21.5 Å². The Morgan fingerprint density at radius 1 is 0.762 bits per heavy atom. The van der Waals surface area contributed by atoms with E-state index in [2.05, 4.69) is 108 Å². The smallest absolute Gasteiger partial charge is 0.171 e. The molecule has 0 aliphatic heterocycles. The molecule has 0 aliphatic carbocycles. The van der Waals surface area contributed by atoms with Gasteiger partial charge in [-0.15, -0.1) is 46.3 Å². The average molecular weight is 679 g/mol. The molecular formula is C39H48Cl2Zr-6. The molecule has 0 unspecified atom stereocenters. The summed E-state index contributed by atoms with van der Waals surface area (Å²) in [5, 5.41) is 5.48. The summed E-state index contributed by atoms with van der Waals surface area (Å²) in [5.41, 5.74) is 3.21. The number of allylic oxidation sites excluding steroid dienone is 1. The van der Waals surface area contributed by atoms with E-state index >= 15 is 0 Å². The summed E-state index contributed by atoms with van der Waals surface area (Å²) in [7, 11) is 0. The normalized spacial score (nSPS) is 9.95. The number of unbranched alkanes of at least 4 members (excludes halogenated alkanes) is 2. The van der Waals surface area contributed by atoms with Crippen molar-refractivity contribution in [2.75, 3.05) is 0 Å². The second-order valence-electron chi connectivity index (χ2n) is 11.6. The first-order valence-electron chi connectivity index (χ1n) is 14.1. The number of halogens is 2. The van der Waals surface area contributed by atoms with Crippen molar-refractivity contribution in [3.63, 3.8) is 0 Å². The molecular weight excluding hydrogens is 631 g/mol. The second-order valence-corrected chi connectivity index (χ2v) is 11.6. The van der Waals surface area contributed by atoms with Crippen LogP contribution in [0, 0.1) is 13.0 Å². The third kappa shape index (κ3) is 15.4. The minimum Gasteiger partial charge on any atom is -1.00 e. The van der Waals surface area contributed by atoms with Crippen molar-refractivity contribution in [2.45, 2.75) is 71.6 Å². The Labute approximate surface area is 284 Å². The summed E-state index contributed by atoms with van der Waals surface area (Å²) in [4.78, 5) is 0. The minimum absolute atomic E-state index is 0. The maximum atomic E-state index is 3.68. The third-order valence-electron chi connectivity index (χ3n) is 6.26. The van der Waals surface area contributed by atoms with Crippen LogP contribution < -0.4 is 24.8 Å². The fourth-order valence-corrected chi connectivity index (χ4v) is 3.91. The fraction of sp³-hybridized carbons (Fsp3) is 0.282. The van der Waals surface area contributed by atoms with Gasteiger partial charge >= 0.3 is 28.4 Å². The zero-order valence-corrected chi connectivity index (χ0v) is 30.4. The zero-order chi connectivity index (χ0) is 30.0. The Hall–Kier alpha value is -2.05. The SMILES string of the molecule is C=CCCC[CH2-].CC(C)(C)c1ccc2c(c1)[cH-]c1cc(C(C)(C)C)ccc12.[CH2]=[Zr].[Cl-].[Cl-].[c-]1ccccc1.c1cc[cH-]c1. The summed E-state index contributed by atoms with van der Waals surface area (Å²) < 4.78 is 3.34. The van der Waals surface area contributed by atoms with E-state index in [1.165, 1.54) is 63.3 Å². The van der Waals surface area contributed by atoms with E-state index in [1.807, 2.05) is 66.7 Å². The Kier molecular flexibility index (Phi) is 22.5. The van der Waals surface area contributed by atoms with E-state index in [9.17, 15) is 0 Å². The molecule has 0 saturated carbocycles. The number of hydrogen-bond donors (Lipinski definition) is 0. The van der Waals surface area contributed by atoms with E-state index in [0.717, 1.165) is 12.8 Å². The Balaban J connectivity index is 0.